The van der Waals surface area contributed by atoms with E-state index in [1.807, 2.05) is 0 Å². The average molecular weight is 355 g/mol. The molecule has 0 bridgehead atoms. The molecule has 8 heteroatoms. The molecule has 0 fully saturated rings. The number of ether oxygens (including phenoxy) is 1. The van der Waals surface area contributed by atoms with E-state index >= 15 is 0 Å². The van der Waals surface area contributed by atoms with Crippen molar-refractivity contribution in [1.82, 2.24) is 0 Å². The van der Waals surface area contributed by atoms with E-state index in [-0.39, 0.29) is 10.7 Å². The van der Waals surface area contributed by atoms with Gasteiger partial charge in [0.05, 0.1) is 9.95 Å². The molecule has 0 aliphatic rings. The summed E-state index contributed by atoms with van der Waals surface area (Å²) in [5, 5.41) is 14.0. The lowest BCUT2D eigenvalue weighted by molar-refractivity contribution is -0.384. The Morgan fingerprint density at radius 1 is 1.26 bits per heavy atom. The van der Waals surface area contributed by atoms with E-state index in [1.54, 1.807) is 18.2 Å². The van der Waals surface area contributed by atoms with Gasteiger partial charge >= 0.3 is 0 Å². The molecule has 1 N–H and O–H groups in total. The molecule has 0 aromatic heterocycles. The van der Waals surface area contributed by atoms with Gasteiger partial charge in [0, 0.05) is 22.8 Å². The highest BCUT2D eigenvalue weighted by Crippen LogP contribution is 2.28. The van der Waals surface area contributed by atoms with Crippen LogP contribution in [0.15, 0.2) is 42.5 Å². The van der Waals surface area contributed by atoms with Gasteiger partial charge in [-0.15, -0.1) is 0 Å². The van der Waals surface area contributed by atoms with Crippen molar-refractivity contribution in [2.24, 2.45) is 0 Å². The van der Waals surface area contributed by atoms with Gasteiger partial charge in [-0.1, -0.05) is 29.3 Å². The molecule has 0 aliphatic carbocycles. The number of amides is 1. The summed E-state index contributed by atoms with van der Waals surface area (Å²) >= 11 is 11.8. The fourth-order valence-electron chi connectivity index (χ4n) is 1.76. The maximum absolute atomic E-state index is 12.1. The molecule has 1 amide bonds. The molecule has 0 saturated heterocycles. The summed E-state index contributed by atoms with van der Waals surface area (Å²) in [4.78, 5) is 22.3. The van der Waals surface area contributed by atoms with Crippen LogP contribution in [-0.4, -0.2) is 16.9 Å². The maximum atomic E-state index is 12.1. The lowest BCUT2D eigenvalue weighted by Crippen LogP contribution is -2.30. The zero-order valence-electron chi connectivity index (χ0n) is 12.0. The van der Waals surface area contributed by atoms with E-state index in [1.165, 1.54) is 31.2 Å². The van der Waals surface area contributed by atoms with Crippen LogP contribution in [0.2, 0.25) is 10.0 Å². The molecule has 0 heterocycles. The number of rotatable bonds is 5. The number of carbonyl (C=O) groups excluding carboxylic acids is 1. The van der Waals surface area contributed by atoms with E-state index in [0.29, 0.717) is 16.5 Å². The molecule has 6 nitrogen and oxygen atoms in total. The molecule has 0 spiro atoms. The molecule has 2 aromatic rings. The van der Waals surface area contributed by atoms with E-state index in [2.05, 4.69) is 5.32 Å². The first kappa shape index (κ1) is 17.1. The minimum Gasteiger partial charge on any atom is -0.479 e. The number of nitro benzene ring substituents is 1. The van der Waals surface area contributed by atoms with Crippen LogP contribution in [0.1, 0.15) is 6.92 Å². The standard InChI is InChI=1S/C15H12Cl2N2O4/c1-9(23-14-6-5-10(16)7-13(14)17)15(20)18-11-3-2-4-12(8-11)19(21)22/h2-9H,1H3,(H,18,20). The quantitative estimate of drug-likeness (QED) is 0.640. The van der Waals surface area contributed by atoms with Crippen LogP contribution >= 0.6 is 23.2 Å². The Bertz CT molecular complexity index is 752. The maximum Gasteiger partial charge on any atom is 0.271 e. The third kappa shape index (κ3) is 4.58. The number of halogens is 2. The van der Waals surface area contributed by atoms with E-state index in [4.69, 9.17) is 27.9 Å². The predicted octanol–water partition coefficient (Wildman–Crippen LogP) is 4.31. The Balaban J connectivity index is 2.05. The fourth-order valence-corrected chi connectivity index (χ4v) is 2.21. The number of hydrogen-bond acceptors (Lipinski definition) is 4. The number of anilines is 1. The molecular weight excluding hydrogens is 343 g/mol. The summed E-state index contributed by atoms with van der Waals surface area (Å²) < 4.78 is 5.48. The van der Waals surface area contributed by atoms with Crippen molar-refractivity contribution < 1.29 is 14.5 Å². The monoisotopic (exact) mass is 354 g/mol. The molecule has 0 saturated carbocycles. The highest BCUT2D eigenvalue weighted by molar-refractivity contribution is 6.35. The minimum atomic E-state index is -0.854. The van der Waals surface area contributed by atoms with Crippen LogP contribution < -0.4 is 10.1 Å². The third-order valence-electron chi connectivity index (χ3n) is 2.89. The van der Waals surface area contributed by atoms with Crippen LogP contribution in [0, 0.1) is 10.1 Å². The first-order valence-corrected chi connectivity index (χ1v) is 7.29. The van der Waals surface area contributed by atoms with Crippen LogP contribution in [0.4, 0.5) is 11.4 Å². The molecular formula is C15H12Cl2N2O4. The number of benzene rings is 2. The smallest absolute Gasteiger partial charge is 0.271 e. The van der Waals surface area contributed by atoms with Crippen LogP contribution in [-0.2, 0) is 4.79 Å². The highest BCUT2D eigenvalue weighted by atomic mass is 35.5. The third-order valence-corrected chi connectivity index (χ3v) is 3.42. The molecule has 1 atom stereocenters. The molecule has 0 radical (unpaired) electrons. The number of nitrogens with one attached hydrogen (secondary N) is 1. The van der Waals surface area contributed by atoms with Crippen LogP contribution in [0.3, 0.4) is 0 Å². The molecule has 120 valence electrons. The Labute approximate surface area is 142 Å². The number of carbonyl (C=O) groups is 1. The lowest BCUT2D eigenvalue weighted by atomic mass is 10.2. The summed E-state index contributed by atoms with van der Waals surface area (Å²) in [6.45, 7) is 1.54. The van der Waals surface area contributed by atoms with Gasteiger partial charge in [0.2, 0.25) is 0 Å². The van der Waals surface area contributed by atoms with Crippen LogP contribution in [0.25, 0.3) is 0 Å². The number of nitrogens with zero attached hydrogens (tertiary/aromatic N) is 1. The van der Waals surface area contributed by atoms with Crippen molar-refractivity contribution in [3.63, 3.8) is 0 Å². The van der Waals surface area contributed by atoms with Gasteiger partial charge in [0.25, 0.3) is 11.6 Å². The largest absolute Gasteiger partial charge is 0.479 e. The van der Waals surface area contributed by atoms with E-state index in [0.717, 1.165) is 0 Å². The lowest BCUT2D eigenvalue weighted by Gasteiger charge is -2.15. The van der Waals surface area contributed by atoms with Gasteiger partial charge in [-0.25, -0.2) is 0 Å². The summed E-state index contributed by atoms with van der Waals surface area (Å²) in [5.74, 6) is -0.144. The number of hydrogen-bond donors (Lipinski definition) is 1. The summed E-state index contributed by atoms with van der Waals surface area (Å²) in [6.07, 6.45) is -0.854. The van der Waals surface area contributed by atoms with E-state index in [9.17, 15) is 14.9 Å². The molecule has 2 rings (SSSR count). The topological polar surface area (TPSA) is 81.5 Å². The summed E-state index contributed by atoms with van der Waals surface area (Å²) in [5.41, 5.74) is 0.193. The molecule has 23 heavy (non-hydrogen) atoms. The zero-order chi connectivity index (χ0) is 17.0. The van der Waals surface area contributed by atoms with Crippen molar-refractivity contribution in [2.75, 3.05) is 5.32 Å². The first-order chi connectivity index (χ1) is 10.9. The van der Waals surface area contributed by atoms with Gasteiger partial charge in [-0.05, 0) is 31.2 Å². The molecule has 1 unspecified atom stereocenters. The predicted molar refractivity (Wildman–Crippen MR) is 88.3 cm³/mol. The number of nitro groups is 1. The van der Waals surface area contributed by atoms with Gasteiger partial charge in [0.1, 0.15) is 5.75 Å². The van der Waals surface area contributed by atoms with E-state index < -0.39 is 16.9 Å². The van der Waals surface area contributed by atoms with Gasteiger partial charge < -0.3 is 10.1 Å². The SMILES string of the molecule is CC(Oc1ccc(Cl)cc1Cl)C(=O)Nc1cccc([N+](=O)[O-])c1. The zero-order valence-corrected chi connectivity index (χ0v) is 13.5. The van der Waals surface area contributed by atoms with Crippen molar-refractivity contribution in [3.8, 4) is 5.75 Å². The summed E-state index contributed by atoms with van der Waals surface area (Å²) in [6, 6.07) is 10.3. The Morgan fingerprint density at radius 2 is 2.00 bits per heavy atom. The average Bonchev–Trinajstić information content (AvgIpc) is 2.50. The minimum absolute atomic E-state index is 0.114. The first-order valence-electron chi connectivity index (χ1n) is 6.54. The normalized spacial score (nSPS) is 11.6. The van der Waals surface area contributed by atoms with Crippen molar-refractivity contribution in [1.29, 1.82) is 0 Å². The summed E-state index contributed by atoms with van der Waals surface area (Å²) in [7, 11) is 0. The second-order valence-corrected chi connectivity index (χ2v) is 5.48. The highest BCUT2D eigenvalue weighted by Gasteiger charge is 2.17. The van der Waals surface area contributed by atoms with Gasteiger partial charge in [-0.2, -0.15) is 0 Å². The second kappa shape index (κ2) is 7.30. The van der Waals surface area contributed by atoms with Gasteiger partial charge in [-0.3, -0.25) is 14.9 Å². The Morgan fingerprint density at radius 3 is 2.65 bits per heavy atom. The van der Waals surface area contributed by atoms with Crippen molar-refractivity contribution in [2.45, 2.75) is 13.0 Å². The second-order valence-electron chi connectivity index (χ2n) is 4.63. The molecule has 0 aliphatic heterocycles. The Kier molecular flexibility index (Phi) is 5.41. The number of non-ortho nitro benzene ring substituents is 1. The Hall–Kier alpha value is -2.31. The van der Waals surface area contributed by atoms with Crippen LogP contribution in [0.5, 0.6) is 5.75 Å². The van der Waals surface area contributed by atoms with Crippen molar-refractivity contribution in [3.05, 3.63) is 62.6 Å². The molecule has 2 aromatic carbocycles. The van der Waals surface area contributed by atoms with Crippen molar-refractivity contribution >= 4 is 40.5 Å². The fraction of sp³-hybridized carbons (Fsp3) is 0.133. The van der Waals surface area contributed by atoms with Gasteiger partial charge in [0.15, 0.2) is 6.10 Å².